The van der Waals surface area contributed by atoms with E-state index in [1.807, 2.05) is 0 Å². The summed E-state index contributed by atoms with van der Waals surface area (Å²) in [6.45, 7) is -0.380. The van der Waals surface area contributed by atoms with E-state index in [9.17, 15) is 32.3 Å². The molecule has 0 aliphatic heterocycles. The summed E-state index contributed by atoms with van der Waals surface area (Å²) < 4.78 is 31.5. The minimum absolute atomic E-state index is 0.00859. The number of nitrogens with one attached hydrogen (secondary N) is 2. The number of hydrogen-bond donors (Lipinski definition) is 5. The molecule has 2 atom stereocenters. The second kappa shape index (κ2) is 16.5. The SMILES string of the molecule is O=C([O-])C(F)(F)F.[N-]=[N+]=NCCSC[C@H](NC(=O)CC[C@H]([NH3+])C(=O)O)C(=O)NCC(=O)O. The molecule has 0 aromatic heterocycles. The first-order valence-electron chi connectivity index (χ1n) is 8.43. The minimum atomic E-state index is -5.19. The normalized spacial score (nSPS) is 12.1. The van der Waals surface area contributed by atoms with E-state index >= 15 is 0 Å². The molecule has 0 heterocycles. The summed E-state index contributed by atoms with van der Waals surface area (Å²) in [5.74, 6) is -6.01. The van der Waals surface area contributed by atoms with Gasteiger partial charge in [0.2, 0.25) is 11.8 Å². The fourth-order valence-corrected chi connectivity index (χ4v) is 2.36. The summed E-state index contributed by atoms with van der Waals surface area (Å²) in [5.41, 5.74) is 11.6. The first-order valence-corrected chi connectivity index (χ1v) is 9.59. The summed E-state index contributed by atoms with van der Waals surface area (Å²) in [6.07, 6.45) is -5.32. The fraction of sp³-hybridized carbons (Fsp3) is 0.643. The Morgan fingerprint density at radius 3 is 2.22 bits per heavy atom. The van der Waals surface area contributed by atoms with Crippen molar-refractivity contribution in [1.29, 1.82) is 0 Å². The molecule has 0 saturated carbocycles. The highest BCUT2D eigenvalue weighted by atomic mass is 32.2. The maximum absolute atomic E-state index is 12.0. The maximum Gasteiger partial charge on any atom is 0.430 e. The molecule has 0 aromatic carbocycles. The van der Waals surface area contributed by atoms with Crippen molar-refractivity contribution in [3.8, 4) is 0 Å². The van der Waals surface area contributed by atoms with Gasteiger partial charge in [-0.2, -0.15) is 24.9 Å². The van der Waals surface area contributed by atoms with Crippen molar-refractivity contribution in [2.75, 3.05) is 24.6 Å². The number of carboxylic acid groups (broad SMARTS) is 3. The van der Waals surface area contributed by atoms with Gasteiger partial charge in [-0.3, -0.25) is 14.4 Å². The largest absolute Gasteiger partial charge is 0.542 e. The number of aliphatic carboxylic acids is 3. The van der Waals surface area contributed by atoms with Gasteiger partial charge in [0, 0.05) is 30.1 Å². The van der Waals surface area contributed by atoms with E-state index in [0.717, 1.165) is 0 Å². The van der Waals surface area contributed by atoms with Gasteiger partial charge in [0.05, 0.1) is 0 Å². The van der Waals surface area contributed by atoms with Crippen molar-refractivity contribution < 1.29 is 58.2 Å². The molecule has 32 heavy (non-hydrogen) atoms. The first kappa shape index (κ1) is 30.9. The van der Waals surface area contributed by atoms with E-state index in [1.54, 1.807) is 0 Å². The van der Waals surface area contributed by atoms with Crippen molar-refractivity contribution >= 4 is 41.5 Å². The van der Waals surface area contributed by atoms with Gasteiger partial charge in [-0.1, -0.05) is 5.11 Å². The van der Waals surface area contributed by atoms with E-state index in [-0.39, 0.29) is 25.1 Å². The molecule has 0 saturated heterocycles. The average Bonchev–Trinajstić information content (AvgIpc) is 2.68. The molecular formula is C14H21F3N6O8S. The fourth-order valence-electron chi connectivity index (χ4n) is 1.52. The lowest BCUT2D eigenvalue weighted by atomic mass is 10.1. The second-order valence-corrected chi connectivity index (χ2v) is 6.77. The molecule has 0 unspecified atom stereocenters. The highest BCUT2D eigenvalue weighted by molar-refractivity contribution is 7.99. The van der Waals surface area contributed by atoms with Crippen molar-refractivity contribution in [2.24, 2.45) is 5.11 Å². The van der Waals surface area contributed by atoms with Crippen LogP contribution in [0.2, 0.25) is 0 Å². The van der Waals surface area contributed by atoms with Gasteiger partial charge in [0.1, 0.15) is 18.6 Å². The number of amides is 2. The maximum atomic E-state index is 12.0. The average molecular weight is 490 g/mol. The van der Waals surface area contributed by atoms with E-state index in [2.05, 4.69) is 26.4 Å². The molecule has 0 bridgehead atoms. The lowest BCUT2D eigenvalue weighted by Crippen LogP contribution is -2.65. The smallest absolute Gasteiger partial charge is 0.430 e. The number of quaternary nitrogens is 1. The number of halogens is 3. The zero-order valence-corrected chi connectivity index (χ0v) is 17.1. The van der Waals surface area contributed by atoms with E-state index in [4.69, 9.17) is 25.6 Å². The molecular weight excluding hydrogens is 469 g/mol. The van der Waals surface area contributed by atoms with Crippen LogP contribution in [0, 0.1) is 0 Å². The minimum Gasteiger partial charge on any atom is -0.542 e. The summed E-state index contributed by atoms with van der Waals surface area (Å²) >= 11 is 1.24. The first-order chi connectivity index (χ1) is 14.7. The van der Waals surface area contributed by atoms with Crippen LogP contribution in [0.4, 0.5) is 13.2 Å². The third-order valence-electron chi connectivity index (χ3n) is 3.05. The Labute approximate surface area is 182 Å². The van der Waals surface area contributed by atoms with Gasteiger partial charge < -0.3 is 36.5 Å². The zero-order valence-electron chi connectivity index (χ0n) is 16.3. The van der Waals surface area contributed by atoms with Gasteiger partial charge >= 0.3 is 18.1 Å². The molecule has 2 amide bonds. The van der Waals surface area contributed by atoms with E-state index in [1.165, 1.54) is 11.8 Å². The Kier molecular flexibility index (Phi) is 15.9. The Hall–Kier alpha value is -3.24. The lowest BCUT2D eigenvalue weighted by molar-refractivity contribution is -0.408. The molecule has 14 nitrogen and oxygen atoms in total. The molecule has 0 radical (unpaired) electrons. The zero-order chi connectivity index (χ0) is 25.3. The van der Waals surface area contributed by atoms with Crippen molar-refractivity contribution in [3.63, 3.8) is 0 Å². The topological polar surface area (TPSA) is 249 Å². The predicted octanol–water partition coefficient (Wildman–Crippen LogP) is -2.51. The molecule has 0 aliphatic carbocycles. The summed E-state index contributed by atoms with van der Waals surface area (Å²) in [6, 6.07) is -1.93. The van der Waals surface area contributed by atoms with Crippen LogP contribution in [0.15, 0.2) is 5.11 Å². The Morgan fingerprint density at radius 1 is 1.22 bits per heavy atom. The molecule has 0 aliphatic rings. The Bertz CT molecular complexity index is 717. The van der Waals surface area contributed by atoms with Crippen LogP contribution in [0.5, 0.6) is 0 Å². The van der Waals surface area contributed by atoms with Gasteiger partial charge in [-0.05, 0) is 11.3 Å². The van der Waals surface area contributed by atoms with Crippen LogP contribution in [0.1, 0.15) is 12.8 Å². The lowest BCUT2D eigenvalue weighted by Gasteiger charge is -2.17. The number of thioether (sulfide) groups is 1. The highest BCUT2D eigenvalue weighted by Gasteiger charge is 2.28. The molecule has 0 spiro atoms. The van der Waals surface area contributed by atoms with Crippen LogP contribution in [0.25, 0.3) is 10.4 Å². The molecule has 7 N–H and O–H groups in total. The predicted molar refractivity (Wildman–Crippen MR) is 98.5 cm³/mol. The third kappa shape index (κ3) is 17.6. The van der Waals surface area contributed by atoms with Gasteiger partial charge in [-0.25, -0.2) is 4.79 Å². The van der Waals surface area contributed by atoms with Crippen LogP contribution in [-0.4, -0.2) is 82.8 Å². The Morgan fingerprint density at radius 2 is 1.78 bits per heavy atom. The molecule has 0 rings (SSSR count). The van der Waals surface area contributed by atoms with Crippen molar-refractivity contribution in [2.45, 2.75) is 31.1 Å². The number of rotatable bonds is 13. The third-order valence-corrected chi connectivity index (χ3v) is 4.09. The van der Waals surface area contributed by atoms with Gasteiger partial charge in [-0.15, -0.1) is 0 Å². The number of carbonyl (C=O) groups is 5. The highest BCUT2D eigenvalue weighted by Crippen LogP contribution is 2.11. The second-order valence-electron chi connectivity index (χ2n) is 5.62. The van der Waals surface area contributed by atoms with Crippen molar-refractivity contribution in [3.05, 3.63) is 10.4 Å². The van der Waals surface area contributed by atoms with E-state index < -0.39 is 54.5 Å². The standard InChI is InChI=1S/C12H20N6O6S.C2HF3O2/c13-7(12(23)24)1-2-9(19)17-8(6-25-4-3-16-18-14)11(22)15-5-10(20)21;3-2(4,5)1(6)7/h7-8H,1-6,13H2,(H,15,22)(H,17,19)(H,20,21)(H,23,24);(H,6,7)/t7-,8-;/m0./s1. The van der Waals surface area contributed by atoms with Crippen LogP contribution >= 0.6 is 11.8 Å². The number of carboxylic acids is 3. The number of hydrogen-bond acceptors (Lipinski definition) is 8. The summed E-state index contributed by atoms with van der Waals surface area (Å²) in [7, 11) is 0. The van der Waals surface area contributed by atoms with Crippen LogP contribution in [-0.2, 0) is 24.0 Å². The monoisotopic (exact) mass is 490 g/mol. The van der Waals surface area contributed by atoms with Gasteiger partial charge in [0.15, 0.2) is 6.04 Å². The quantitative estimate of drug-likeness (QED) is 0.0790. The molecule has 0 fully saturated rings. The summed E-state index contributed by atoms with van der Waals surface area (Å²) in [4.78, 5) is 56.4. The van der Waals surface area contributed by atoms with Crippen LogP contribution < -0.4 is 21.5 Å². The number of carbonyl (C=O) groups excluding carboxylic acids is 3. The van der Waals surface area contributed by atoms with Crippen LogP contribution in [0.3, 0.4) is 0 Å². The molecule has 0 aromatic rings. The van der Waals surface area contributed by atoms with Crippen molar-refractivity contribution in [1.82, 2.24) is 10.6 Å². The summed E-state index contributed by atoms with van der Waals surface area (Å²) in [5, 5.41) is 34.0. The molecule has 182 valence electrons. The Balaban J connectivity index is 0. The number of alkyl halides is 3. The number of nitrogens with zero attached hydrogens (tertiary/aromatic N) is 3. The van der Waals surface area contributed by atoms with Gasteiger partial charge in [0.25, 0.3) is 0 Å². The molecule has 18 heteroatoms. The number of azide groups is 1. The van der Waals surface area contributed by atoms with E-state index in [0.29, 0.717) is 5.75 Å².